The van der Waals surface area contributed by atoms with Gasteiger partial charge in [-0.1, -0.05) is 30.3 Å². The molecule has 1 aliphatic rings. The van der Waals surface area contributed by atoms with Crippen LogP contribution in [0.4, 0.5) is 18.9 Å². The third kappa shape index (κ3) is 4.69. The maximum absolute atomic E-state index is 13.7. The van der Waals surface area contributed by atoms with Gasteiger partial charge in [-0.3, -0.25) is 9.69 Å². The SMILES string of the molecule is C[C@H](C(=O)Nc1ccc(F)c(F)c1F)N1CCC(Cc2ccccc2)CC1. The van der Waals surface area contributed by atoms with Crippen LogP contribution >= 0.6 is 0 Å². The van der Waals surface area contributed by atoms with Crippen LogP contribution in [-0.4, -0.2) is 29.9 Å². The van der Waals surface area contributed by atoms with E-state index in [9.17, 15) is 18.0 Å². The van der Waals surface area contributed by atoms with E-state index in [1.807, 2.05) is 23.1 Å². The number of hydrogen-bond donors (Lipinski definition) is 1. The first-order valence-electron chi connectivity index (χ1n) is 9.18. The molecule has 1 amide bonds. The Labute approximate surface area is 157 Å². The van der Waals surface area contributed by atoms with Crippen LogP contribution in [0.1, 0.15) is 25.3 Å². The standard InChI is InChI=1S/C21H23F3N2O/c1-14(21(27)25-18-8-7-17(22)19(23)20(18)24)26-11-9-16(10-12-26)13-15-5-3-2-4-6-15/h2-8,14,16H,9-13H2,1H3,(H,25,27)/t14-/m1/s1. The first-order chi connectivity index (χ1) is 13.0. The zero-order valence-electron chi connectivity index (χ0n) is 15.2. The van der Waals surface area contributed by atoms with E-state index in [2.05, 4.69) is 17.4 Å². The molecule has 0 radical (unpaired) electrons. The van der Waals surface area contributed by atoms with Gasteiger partial charge in [0.05, 0.1) is 11.7 Å². The van der Waals surface area contributed by atoms with Gasteiger partial charge in [-0.15, -0.1) is 0 Å². The number of hydrogen-bond acceptors (Lipinski definition) is 2. The molecule has 27 heavy (non-hydrogen) atoms. The molecule has 0 saturated carbocycles. The minimum atomic E-state index is -1.58. The molecular weight excluding hydrogens is 353 g/mol. The molecule has 6 heteroatoms. The number of piperidine rings is 1. The summed E-state index contributed by atoms with van der Waals surface area (Å²) in [6.45, 7) is 3.28. The van der Waals surface area contributed by atoms with Crippen molar-refractivity contribution >= 4 is 11.6 Å². The summed E-state index contributed by atoms with van der Waals surface area (Å²) < 4.78 is 40.1. The maximum atomic E-state index is 13.7. The predicted molar refractivity (Wildman–Crippen MR) is 98.9 cm³/mol. The molecule has 1 heterocycles. The number of nitrogens with zero attached hydrogens (tertiary/aromatic N) is 1. The van der Waals surface area contributed by atoms with Crippen LogP contribution in [0.3, 0.4) is 0 Å². The molecular formula is C21H23F3N2O. The van der Waals surface area contributed by atoms with Crippen molar-refractivity contribution in [1.29, 1.82) is 0 Å². The molecule has 0 aliphatic carbocycles. The predicted octanol–water partition coefficient (Wildman–Crippen LogP) is 4.39. The normalized spacial score (nSPS) is 16.9. The molecule has 0 aromatic heterocycles. The van der Waals surface area contributed by atoms with Crippen LogP contribution in [0.25, 0.3) is 0 Å². The summed E-state index contributed by atoms with van der Waals surface area (Å²) in [6, 6.07) is 11.7. The monoisotopic (exact) mass is 376 g/mol. The topological polar surface area (TPSA) is 32.3 Å². The zero-order valence-corrected chi connectivity index (χ0v) is 15.2. The van der Waals surface area contributed by atoms with Gasteiger partial charge in [0.25, 0.3) is 0 Å². The third-order valence-corrected chi connectivity index (χ3v) is 5.24. The summed E-state index contributed by atoms with van der Waals surface area (Å²) in [5.74, 6) is -4.10. The van der Waals surface area contributed by atoms with Crippen LogP contribution in [0.15, 0.2) is 42.5 Å². The fourth-order valence-corrected chi connectivity index (χ4v) is 3.52. The van der Waals surface area contributed by atoms with E-state index in [1.54, 1.807) is 6.92 Å². The van der Waals surface area contributed by atoms with Gasteiger partial charge in [0, 0.05) is 0 Å². The second kappa shape index (κ2) is 8.57. The number of carbonyl (C=O) groups excluding carboxylic acids is 1. The number of carbonyl (C=O) groups is 1. The van der Waals surface area contributed by atoms with E-state index >= 15 is 0 Å². The van der Waals surface area contributed by atoms with Crippen molar-refractivity contribution < 1.29 is 18.0 Å². The third-order valence-electron chi connectivity index (χ3n) is 5.24. The first kappa shape index (κ1) is 19.4. The molecule has 1 N–H and O–H groups in total. The molecule has 2 aromatic rings. The Balaban J connectivity index is 1.53. The van der Waals surface area contributed by atoms with Gasteiger partial charge < -0.3 is 5.32 Å². The lowest BCUT2D eigenvalue weighted by Crippen LogP contribution is -2.46. The summed E-state index contributed by atoms with van der Waals surface area (Å²) in [5.41, 5.74) is 0.972. The van der Waals surface area contributed by atoms with Crippen molar-refractivity contribution in [1.82, 2.24) is 4.90 Å². The van der Waals surface area contributed by atoms with Gasteiger partial charge in [0.2, 0.25) is 5.91 Å². The first-order valence-corrected chi connectivity index (χ1v) is 9.18. The second-order valence-corrected chi connectivity index (χ2v) is 7.06. The highest BCUT2D eigenvalue weighted by Gasteiger charge is 2.27. The van der Waals surface area contributed by atoms with Gasteiger partial charge >= 0.3 is 0 Å². The average Bonchev–Trinajstić information content (AvgIpc) is 2.69. The van der Waals surface area contributed by atoms with E-state index < -0.39 is 29.4 Å². The largest absolute Gasteiger partial charge is 0.322 e. The fraction of sp³-hybridized carbons (Fsp3) is 0.381. The molecule has 144 valence electrons. The van der Waals surface area contributed by atoms with E-state index in [4.69, 9.17) is 0 Å². The quantitative estimate of drug-likeness (QED) is 0.785. The van der Waals surface area contributed by atoms with Crippen LogP contribution in [-0.2, 0) is 11.2 Å². The second-order valence-electron chi connectivity index (χ2n) is 7.06. The lowest BCUT2D eigenvalue weighted by molar-refractivity contribution is -0.121. The van der Waals surface area contributed by atoms with Crippen LogP contribution in [0.5, 0.6) is 0 Å². The Hall–Kier alpha value is -2.34. The minimum Gasteiger partial charge on any atom is -0.322 e. The van der Waals surface area contributed by atoms with Crippen molar-refractivity contribution in [2.45, 2.75) is 32.2 Å². The van der Waals surface area contributed by atoms with E-state index in [0.717, 1.165) is 44.5 Å². The maximum Gasteiger partial charge on any atom is 0.241 e. The molecule has 2 aromatic carbocycles. The van der Waals surface area contributed by atoms with Crippen LogP contribution in [0.2, 0.25) is 0 Å². The highest BCUT2D eigenvalue weighted by Crippen LogP contribution is 2.24. The average molecular weight is 376 g/mol. The Morgan fingerprint density at radius 3 is 2.41 bits per heavy atom. The fourth-order valence-electron chi connectivity index (χ4n) is 3.52. The van der Waals surface area contributed by atoms with Gasteiger partial charge in [0.1, 0.15) is 0 Å². The molecule has 0 bridgehead atoms. The van der Waals surface area contributed by atoms with Crippen molar-refractivity contribution in [3.8, 4) is 0 Å². The van der Waals surface area contributed by atoms with Crippen molar-refractivity contribution in [2.75, 3.05) is 18.4 Å². The van der Waals surface area contributed by atoms with Crippen molar-refractivity contribution in [3.05, 3.63) is 65.5 Å². The van der Waals surface area contributed by atoms with E-state index in [-0.39, 0.29) is 5.69 Å². The molecule has 0 spiro atoms. The molecule has 1 fully saturated rings. The Kier molecular flexibility index (Phi) is 6.16. The number of rotatable bonds is 5. The lowest BCUT2D eigenvalue weighted by Gasteiger charge is -2.35. The van der Waals surface area contributed by atoms with E-state index in [1.165, 1.54) is 5.56 Å². The number of halogens is 3. The summed E-state index contributed by atoms with van der Waals surface area (Å²) in [5, 5.41) is 2.36. The minimum absolute atomic E-state index is 0.343. The Morgan fingerprint density at radius 2 is 1.74 bits per heavy atom. The Bertz CT molecular complexity index is 790. The summed E-state index contributed by atoms with van der Waals surface area (Å²) in [6.07, 6.45) is 2.98. The Morgan fingerprint density at radius 1 is 1.07 bits per heavy atom. The van der Waals surface area contributed by atoms with Crippen molar-refractivity contribution in [3.63, 3.8) is 0 Å². The summed E-state index contributed by atoms with van der Waals surface area (Å²) in [4.78, 5) is 14.4. The summed E-state index contributed by atoms with van der Waals surface area (Å²) >= 11 is 0. The van der Waals surface area contributed by atoms with Gasteiger partial charge in [-0.05, 0) is 62.9 Å². The number of benzene rings is 2. The van der Waals surface area contributed by atoms with Crippen LogP contribution in [0, 0.1) is 23.4 Å². The van der Waals surface area contributed by atoms with E-state index in [0.29, 0.717) is 5.92 Å². The molecule has 1 atom stereocenters. The van der Waals surface area contributed by atoms with Crippen molar-refractivity contribution in [2.24, 2.45) is 5.92 Å². The number of amides is 1. The summed E-state index contributed by atoms with van der Waals surface area (Å²) in [7, 11) is 0. The zero-order chi connectivity index (χ0) is 19.4. The highest BCUT2D eigenvalue weighted by molar-refractivity contribution is 5.94. The molecule has 0 unspecified atom stereocenters. The molecule has 3 nitrogen and oxygen atoms in total. The van der Waals surface area contributed by atoms with Gasteiger partial charge in [-0.25, -0.2) is 13.2 Å². The lowest BCUT2D eigenvalue weighted by atomic mass is 9.89. The smallest absolute Gasteiger partial charge is 0.241 e. The van der Waals surface area contributed by atoms with Gasteiger partial charge in [-0.2, -0.15) is 0 Å². The molecule has 3 rings (SSSR count). The number of likely N-dealkylation sites (tertiary alicyclic amines) is 1. The van der Waals surface area contributed by atoms with Gasteiger partial charge in [0.15, 0.2) is 17.5 Å². The number of nitrogens with one attached hydrogen (secondary N) is 1. The highest BCUT2D eigenvalue weighted by atomic mass is 19.2. The molecule has 1 saturated heterocycles. The molecule has 1 aliphatic heterocycles. The van der Waals surface area contributed by atoms with Crippen LogP contribution < -0.4 is 5.32 Å². The number of anilines is 1.